The molecule has 0 aliphatic heterocycles. The first-order chi connectivity index (χ1) is 8.50. The van der Waals surface area contributed by atoms with Crippen molar-refractivity contribution in [2.75, 3.05) is 13.2 Å². The van der Waals surface area contributed by atoms with Gasteiger partial charge in [-0.3, -0.25) is 4.79 Å². The van der Waals surface area contributed by atoms with Gasteiger partial charge in [0.15, 0.2) is 0 Å². The molecule has 7 heteroatoms. The maximum atomic E-state index is 10.5. The van der Waals surface area contributed by atoms with Gasteiger partial charge in [-0.1, -0.05) is 6.07 Å². The highest BCUT2D eigenvalue weighted by Gasteiger charge is 2.13. The topological polar surface area (TPSA) is 76.0 Å². The predicted octanol–water partition coefficient (Wildman–Crippen LogP) is 0.461. The fourth-order valence-electron chi connectivity index (χ4n) is 1.25. The van der Waals surface area contributed by atoms with Crippen molar-refractivity contribution in [1.82, 2.24) is 0 Å². The summed E-state index contributed by atoms with van der Waals surface area (Å²) in [5.41, 5.74) is 0.355. The van der Waals surface area contributed by atoms with Crippen LogP contribution in [-0.4, -0.2) is 36.3 Å². The van der Waals surface area contributed by atoms with Crippen molar-refractivity contribution in [2.45, 2.75) is 13.3 Å². The predicted molar refractivity (Wildman–Crippen MR) is 70.7 cm³/mol. The van der Waals surface area contributed by atoms with Crippen molar-refractivity contribution in [3.8, 4) is 5.75 Å². The molecule has 18 heavy (non-hydrogen) atoms. The van der Waals surface area contributed by atoms with Gasteiger partial charge in [0.25, 0.3) is 0 Å². The molecule has 0 bridgehead atoms. The summed E-state index contributed by atoms with van der Waals surface area (Å²) in [5, 5.41) is 18.1. The second-order valence-electron chi connectivity index (χ2n) is 3.61. The molecule has 98 valence electrons. The highest BCUT2D eigenvalue weighted by Crippen LogP contribution is 2.23. The lowest BCUT2D eigenvalue weighted by atomic mass is 9.80. The first-order valence-electron chi connectivity index (χ1n) is 5.42. The Labute approximate surface area is 114 Å². The summed E-state index contributed by atoms with van der Waals surface area (Å²) in [7, 11) is -1.53. The molecule has 0 fully saturated rings. The van der Waals surface area contributed by atoms with Crippen LogP contribution in [0.4, 0.5) is 0 Å². The minimum atomic E-state index is -1.53. The minimum absolute atomic E-state index is 0.301. The van der Waals surface area contributed by atoms with E-state index in [9.17, 15) is 4.79 Å². The molecule has 0 atom stereocenters. The molecule has 0 saturated heterocycles. The first-order valence-corrected chi connectivity index (χ1v) is 6.21. The average molecular weight is 317 g/mol. The van der Waals surface area contributed by atoms with Crippen LogP contribution in [0.3, 0.4) is 0 Å². The van der Waals surface area contributed by atoms with Gasteiger partial charge in [0.1, 0.15) is 5.75 Å². The fraction of sp³-hybridized carbons (Fsp3) is 0.364. The molecule has 0 heterocycles. The summed E-state index contributed by atoms with van der Waals surface area (Å²) in [6.07, 6.45) is 0.567. The van der Waals surface area contributed by atoms with Gasteiger partial charge in [-0.25, -0.2) is 0 Å². The third-order valence-corrected chi connectivity index (χ3v) is 2.76. The van der Waals surface area contributed by atoms with E-state index in [1.807, 2.05) is 0 Å². The summed E-state index contributed by atoms with van der Waals surface area (Å²) < 4.78 is 10.9. The van der Waals surface area contributed by atoms with Crippen LogP contribution in [0.15, 0.2) is 22.7 Å². The zero-order valence-electron chi connectivity index (χ0n) is 9.93. The molecule has 2 N–H and O–H groups in total. The summed E-state index contributed by atoms with van der Waals surface area (Å²) in [5.74, 6) is 0.199. The fourth-order valence-corrected chi connectivity index (χ4v) is 1.61. The molecule has 0 spiro atoms. The Bertz CT molecular complexity index is 410. The maximum absolute atomic E-state index is 10.5. The van der Waals surface area contributed by atoms with Gasteiger partial charge in [0.05, 0.1) is 17.7 Å². The second kappa shape index (κ2) is 7.40. The molecule has 5 nitrogen and oxygen atoms in total. The van der Waals surface area contributed by atoms with Gasteiger partial charge in [-0.05, 0) is 33.5 Å². The highest BCUT2D eigenvalue weighted by atomic mass is 79.9. The van der Waals surface area contributed by atoms with Gasteiger partial charge >= 0.3 is 13.1 Å². The smallest absolute Gasteiger partial charge is 0.488 e. The number of benzene rings is 1. The van der Waals surface area contributed by atoms with Crippen LogP contribution >= 0.6 is 15.9 Å². The van der Waals surface area contributed by atoms with Crippen LogP contribution in [0.2, 0.25) is 0 Å². The van der Waals surface area contributed by atoms with Crippen molar-refractivity contribution in [1.29, 1.82) is 0 Å². The lowest BCUT2D eigenvalue weighted by Crippen LogP contribution is -2.29. The van der Waals surface area contributed by atoms with Gasteiger partial charge < -0.3 is 19.5 Å². The number of ether oxygens (including phenoxy) is 2. The number of hydrogen-bond donors (Lipinski definition) is 2. The molecule has 0 aromatic heterocycles. The largest absolute Gasteiger partial charge is 0.492 e. The quantitative estimate of drug-likeness (QED) is 0.453. The molecule has 1 aromatic rings. The van der Waals surface area contributed by atoms with Crippen molar-refractivity contribution >= 4 is 34.5 Å². The van der Waals surface area contributed by atoms with Crippen molar-refractivity contribution in [3.63, 3.8) is 0 Å². The maximum Gasteiger partial charge on any atom is 0.488 e. The van der Waals surface area contributed by atoms with E-state index < -0.39 is 7.12 Å². The van der Waals surface area contributed by atoms with E-state index in [0.717, 1.165) is 4.47 Å². The normalized spacial score (nSPS) is 10.0. The molecule has 0 aliphatic rings. The van der Waals surface area contributed by atoms with Crippen molar-refractivity contribution in [3.05, 3.63) is 22.7 Å². The van der Waals surface area contributed by atoms with Crippen molar-refractivity contribution < 1.29 is 24.3 Å². The van der Waals surface area contributed by atoms with E-state index >= 15 is 0 Å². The summed E-state index contributed by atoms with van der Waals surface area (Å²) >= 11 is 3.30. The monoisotopic (exact) mass is 316 g/mol. The summed E-state index contributed by atoms with van der Waals surface area (Å²) in [6.45, 7) is 2.02. The SMILES string of the molecule is CC(=O)OCCCOc1cc(B(O)O)ccc1Br. The minimum Gasteiger partial charge on any atom is -0.492 e. The van der Waals surface area contributed by atoms with Crippen LogP contribution in [0.5, 0.6) is 5.75 Å². The number of hydrogen-bond acceptors (Lipinski definition) is 5. The summed E-state index contributed by atoms with van der Waals surface area (Å²) in [6, 6.07) is 4.80. The van der Waals surface area contributed by atoms with Crippen LogP contribution in [0, 0.1) is 0 Å². The lowest BCUT2D eigenvalue weighted by Gasteiger charge is -2.10. The van der Waals surface area contributed by atoms with Crippen LogP contribution in [0.1, 0.15) is 13.3 Å². The van der Waals surface area contributed by atoms with Gasteiger partial charge in [0, 0.05) is 13.3 Å². The number of esters is 1. The number of carbonyl (C=O) groups is 1. The summed E-state index contributed by atoms with van der Waals surface area (Å²) in [4.78, 5) is 10.5. The van der Waals surface area contributed by atoms with Crippen LogP contribution in [-0.2, 0) is 9.53 Å². The Morgan fingerprint density at radius 3 is 2.72 bits per heavy atom. The van der Waals surface area contributed by atoms with Crippen molar-refractivity contribution in [2.24, 2.45) is 0 Å². The zero-order valence-corrected chi connectivity index (χ0v) is 11.5. The van der Waals surface area contributed by atoms with Gasteiger partial charge in [0.2, 0.25) is 0 Å². The number of halogens is 1. The van der Waals surface area contributed by atoms with E-state index in [-0.39, 0.29) is 5.97 Å². The molecule has 0 unspecified atom stereocenters. The van der Waals surface area contributed by atoms with Gasteiger partial charge in [-0.2, -0.15) is 0 Å². The highest BCUT2D eigenvalue weighted by molar-refractivity contribution is 9.10. The molecule has 1 aromatic carbocycles. The Hall–Kier alpha value is -1.05. The third-order valence-electron chi connectivity index (χ3n) is 2.10. The Balaban J connectivity index is 2.46. The van der Waals surface area contributed by atoms with Gasteiger partial charge in [-0.15, -0.1) is 0 Å². The molecule has 0 aliphatic carbocycles. The Morgan fingerprint density at radius 1 is 1.39 bits per heavy atom. The number of carbonyl (C=O) groups excluding carboxylic acids is 1. The molecular weight excluding hydrogens is 303 g/mol. The Morgan fingerprint density at radius 2 is 2.11 bits per heavy atom. The molecule has 1 rings (SSSR count). The number of rotatable bonds is 6. The molecule has 0 saturated carbocycles. The van der Waals surface area contributed by atoms with E-state index in [4.69, 9.17) is 19.5 Å². The Kier molecular flexibility index (Phi) is 6.17. The molecular formula is C11H14BBrO5. The van der Waals surface area contributed by atoms with E-state index in [1.165, 1.54) is 6.92 Å². The first kappa shape index (κ1) is 15.0. The molecule has 0 radical (unpaired) electrons. The second-order valence-corrected chi connectivity index (χ2v) is 4.46. The third kappa shape index (κ3) is 5.08. The standard InChI is InChI=1S/C11H14BBrO5/c1-8(14)17-5-2-6-18-11-7-9(12(15)16)3-4-10(11)13/h3-4,7,15-16H,2,5-6H2,1H3. The van der Waals surface area contributed by atoms with E-state index in [2.05, 4.69) is 15.9 Å². The lowest BCUT2D eigenvalue weighted by molar-refractivity contribution is -0.141. The zero-order chi connectivity index (χ0) is 13.5. The van der Waals surface area contributed by atoms with Crippen LogP contribution in [0.25, 0.3) is 0 Å². The van der Waals surface area contributed by atoms with E-state index in [1.54, 1.807) is 18.2 Å². The molecule has 0 amide bonds. The van der Waals surface area contributed by atoms with E-state index in [0.29, 0.717) is 30.8 Å². The average Bonchev–Trinajstić information content (AvgIpc) is 2.30. The van der Waals surface area contributed by atoms with Crippen LogP contribution < -0.4 is 10.2 Å².